The number of aliphatic hydroxyl groups excluding tert-OH is 1. The van der Waals surface area contributed by atoms with Gasteiger partial charge in [0.1, 0.15) is 13.2 Å². The number of aryl methyl sites for hydroxylation is 1. The molecule has 3 aromatic rings. The van der Waals surface area contributed by atoms with Gasteiger partial charge in [-0.2, -0.15) is 0 Å². The molecular formula is C31H35ClN2O3. The number of ether oxygens (including phenoxy) is 2. The Hall–Kier alpha value is -3.15. The van der Waals surface area contributed by atoms with Crippen molar-refractivity contribution in [2.45, 2.75) is 38.7 Å². The smallest absolute Gasteiger partial charge is 0.161 e. The molecule has 0 saturated carbocycles. The Morgan fingerprint density at radius 2 is 1.78 bits per heavy atom. The zero-order chi connectivity index (χ0) is 25.8. The minimum Gasteiger partial charge on any atom is -0.486 e. The number of rotatable bonds is 8. The minimum absolute atomic E-state index is 0.0440. The van der Waals surface area contributed by atoms with Crippen LogP contribution in [0, 0.1) is 5.92 Å². The van der Waals surface area contributed by atoms with E-state index in [0.717, 1.165) is 71.9 Å². The number of allylic oxidation sites excluding steroid dienone is 2. The first-order valence-electron chi connectivity index (χ1n) is 13.1. The number of nitrogens with zero attached hydrogens (tertiary/aromatic N) is 1. The average Bonchev–Trinajstić information content (AvgIpc) is 3.39. The van der Waals surface area contributed by atoms with E-state index in [0.29, 0.717) is 19.0 Å². The van der Waals surface area contributed by atoms with Crippen molar-refractivity contribution in [3.8, 4) is 22.6 Å². The van der Waals surface area contributed by atoms with Gasteiger partial charge >= 0.3 is 0 Å². The molecule has 2 unspecified atom stereocenters. The lowest BCUT2D eigenvalue weighted by molar-refractivity contribution is 0.0985. The second-order valence-corrected chi connectivity index (χ2v) is 10.5. The maximum absolute atomic E-state index is 11.1. The largest absolute Gasteiger partial charge is 0.486 e. The molecule has 0 spiro atoms. The first kappa shape index (κ1) is 25.5. The minimum atomic E-state index is -0.586. The number of hydrogen-bond acceptors (Lipinski definition) is 5. The summed E-state index contributed by atoms with van der Waals surface area (Å²) in [5, 5.41) is 11.8. The fourth-order valence-corrected chi connectivity index (χ4v) is 5.46. The van der Waals surface area contributed by atoms with Crippen molar-refractivity contribution in [1.82, 2.24) is 4.90 Å². The SMILES string of the molecule is CC(CN1CCC/C1=C(/N)CCc1ccc(-c2cccc(Cl)c2)cc1)C(O)c1ccc2c(c1)OCCO2. The molecule has 0 radical (unpaired) electrons. The summed E-state index contributed by atoms with van der Waals surface area (Å²) in [5.74, 6) is 1.50. The van der Waals surface area contributed by atoms with Gasteiger partial charge in [0.2, 0.25) is 0 Å². The number of hydrogen-bond donors (Lipinski definition) is 2. The summed E-state index contributed by atoms with van der Waals surface area (Å²) in [6.45, 7) is 4.93. The van der Waals surface area contributed by atoms with Crippen LogP contribution in [0.4, 0.5) is 0 Å². The summed E-state index contributed by atoms with van der Waals surface area (Å²) in [6, 6.07) is 22.3. The number of halogens is 1. The summed E-state index contributed by atoms with van der Waals surface area (Å²) in [6.07, 6.45) is 3.22. The van der Waals surface area contributed by atoms with E-state index >= 15 is 0 Å². The second kappa shape index (κ2) is 11.5. The molecule has 1 fully saturated rings. The van der Waals surface area contributed by atoms with Crippen LogP contribution < -0.4 is 15.2 Å². The van der Waals surface area contributed by atoms with Gasteiger partial charge in [0, 0.05) is 35.4 Å². The van der Waals surface area contributed by atoms with Gasteiger partial charge in [-0.15, -0.1) is 0 Å². The Kier molecular flexibility index (Phi) is 7.92. The summed E-state index contributed by atoms with van der Waals surface area (Å²) in [5.41, 5.74) is 13.2. The van der Waals surface area contributed by atoms with Gasteiger partial charge in [-0.1, -0.05) is 61.0 Å². The fraction of sp³-hybridized carbons (Fsp3) is 0.355. The van der Waals surface area contributed by atoms with Gasteiger partial charge in [0.15, 0.2) is 11.5 Å². The number of aliphatic hydroxyl groups is 1. The summed E-state index contributed by atoms with van der Waals surface area (Å²) >= 11 is 6.14. The van der Waals surface area contributed by atoms with Crippen molar-refractivity contribution < 1.29 is 14.6 Å². The van der Waals surface area contributed by atoms with E-state index in [1.807, 2.05) is 36.4 Å². The summed E-state index contributed by atoms with van der Waals surface area (Å²) in [7, 11) is 0. The standard InChI is InChI=1S/C31H35ClN2O3/c1-21(31(35)25-12-14-29-30(19-25)37-17-16-36-29)20-34-15-3-6-28(34)27(33)13-9-22-7-10-23(11-8-22)24-4-2-5-26(32)18-24/h2,4-5,7-8,10-12,14,18-19,21,31,35H,3,6,9,13,15-17,20,33H2,1H3/b28-27-. The summed E-state index contributed by atoms with van der Waals surface area (Å²) in [4.78, 5) is 2.36. The van der Waals surface area contributed by atoms with Crippen LogP contribution in [-0.2, 0) is 6.42 Å². The van der Waals surface area contributed by atoms with Gasteiger partial charge in [0.25, 0.3) is 0 Å². The molecule has 3 N–H and O–H groups in total. The first-order chi connectivity index (χ1) is 18.0. The molecular weight excluding hydrogens is 484 g/mol. The predicted molar refractivity (Wildman–Crippen MR) is 149 cm³/mol. The zero-order valence-electron chi connectivity index (χ0n) is 21.3. The van der Waals surface area contributed by atoms with Crippen LogP contribution in [0.2, 0.25) is 5.02 Å². The van der Waals surface area contributed by atoms with Gasteiger partial charge < -0.3 is 25.2 Å². The van der Waals surface area contributed by atoms with E-state index in [2.05, 4.69) is 42.2 Å². The van der Waals surface area contributed by atoms with E-state index in [4.69, 9.17) is 26.8 Å². The van der Waals surface area contributed by atoms with Crippen molar-refractivity contribution in [3.05, 3.63) is 94.3 Å². The molecule has 37 heavy (non-hydrogen) atoms. The number of benzene rings is 3. The van der Waals surface area contributed by atoms with E-state index in [9.17, 15) is 5.11 Å². The molecule has 0 aliphatic carbocycles. The zero-order valence-corrected chi connectivity index (χ0v) is 22.1. The molecule has 2 heterocycles. The molecule has 3 aromatic carbocycles. The highest BCUT2D eigenvalue weighted by Crippen LogP contribution is 2.35. The highest BCUT2D eigenvalue weighted by atomic mass is 35.5. The van der Waals surface area contributed by atoms with E-state index < -0.39 is 6.10 Å². The Morgan fingerprint density at radius 1 is 1.00 bits per heavy atom. The normalized spacial score (nSPS) is 18.0. The van der Waals surface area contributed by atoms with Crippen molar-refractivity contribution in [2.24, 2.45) is 11.7 Å². The van der Waals surface area contributed by atoms with Crippen LogP contribution in [0.5, 0.6) is 11.5 Å². The van der Waals surface area contributed by atoms with Crippen LogP contribution in [0.25, 0.3) is 11.1 Å². The molecule has 2 aliphatic rings. The first-order valence-corrected chi connectivity index (χ1v) is 13.5. The lowest BCUT2D eigenvalue weighted by Gasteiger charge is -2.29. The Morgan fingerprint density at radius 3 is 2.57 bits per heavy atom. The van der Waals surface area contributed by atoms with E-state index in [1.165, 1.54) is 11.3 Å². The van der Waals surface area contributed by atoms with Crippen LogP contribution in [-0.4, -0.2) is 36.3 Å². The lowest BCUT2D eigenvalue weighted by atomic mass is 9.96. The highest BCUT2D eigenvalue weighted by molar-refractivity contribution is 6.30. The molecule has 0 bridgehead atoms. The maximum Gasteiger partial charge on any atom is 0.161 e. The molecule has 2 aliphatic heterocycles. The molecule has 194 valence electrons. The van der Waals surface area contributed by atoms with E-state index in [1.54, 1.807) is 0 Å². The third kappa shape index (κ3) is 6.06. The second-order valence-electron chi connectivity index (χ2n) is 10.1. The van der Waals surface area contributed by atoms with Gasteiger partial charge in [-0.25, -0.2) is 0 Å². The third-order valence-electron chi connectivity index (χ3n) is 7.34. The maximum atomic E-state index is 11.1. The third-order valence-corrected chi connectivity index (χ3v) is 7.58. The molecule has 6 heteroatoms. The molecule has 0 amide bonds. The Labute approximate surface area is 224 Å². The Balaban J connectivity index is 1.19. The fourth-order valence-electron chi connectivity index (χ4n) is 5.27. The van der Waals surface area contributed by atoms with Crippen molar-refractivity contribution in [1.29, 1.82) is 0 Å². The van der Waals surface area contributed by atoms with Gasteiger partial charge in [0.05, 0.1) is 6.10 Å². The van der Waals surface area contributed by atoms with Crippen LogP contribution in [0.1, 0.15) is 43.4 Å². The lowest BCUT2D eigenvalue weighted by Crippen LogP contribution is -2.29. The molecule has 5 nitrogen and oxygen atoms in total. The van der Waals surface area contributed by atoms with Crippen molar-refractivity contribution in [2.75, 3.05) is 26.3 Å². The number of fused-ring (bicyclic) bond motifs is 1. The van der Waals surface area contributed by atoms with Crippen molar-refractivity contribution >= 4 is 11.6 Å². The van der Waals surface area contributed by atoms with Crippen LogP contribution >= 0.6 is 11.6 Å². The quantitative estimate of drug-likeness (QED) is 0.364. The van der Waals surface area contributed by atoms with Crippen molar-refractivity contribution in [3.63, 3.8) is 0 Å². The molecule has 2 atom stereocenters. The molecule has 1 saturated heterocycles. The number of likely N-dealkylation sites (tertiary alicyclic amines) is 1. The summed E-state index contributed by atoms with van der Waals surface area (Å²) < 4.78 is 11.3. The van der Waals surface area contributed by atoms with E-state index in [-0.39, 0.29) is 5.92 Å². The molecule has 5 rings (SSSR count). The average molecular weight is 519 g/mol. The monoisotopic (exact) mass is 518 g/mol. The molecule has 0 aromatic heterocycles. The highest BCUT2D eigenvalue weighted by Gasteiger charge is 2.26. The van der Waals surface area contributed by atoms with Gasteiger partial charge in [-0.3, -0.25) is 0 Å². The van der Waals surface area contributed by atoms with Gasteiger partial charge in [-0.05, 0) is 72.2 Å². The topological polar surface area (TPSA) is 68.0 Å². The Bertz CT molecular complexity index is 1260. The van der Waals surface area contributed by atoms with Crippen LogP contribution in [0.3, 0.4) is 0 Å². The number of nitrogens with two attached hydrogens (primary N) is 1. The van der Waals surface area contributed by atoms with Crippen LogP contribution in [0.15, 0.2) is 78.1 Å². The predicted octanol–water partition coefficient (Wildman–Crippen LogP) is 6.35.